The van der Waals surface area contributed by atoms with E-state index in [-0.39, 0.29) is 5.89 Å². The number of anilines is 1. The van der Waals surface area contributed by atoms with E-state index >= 15 is 0 Å². The molecule has 1 aromatic carbocycles. The van der Waals surface area contributed by atoms with Gasteiger partial charge in [0.1, 0.15) is 0 Å². The van der Waals surface area contributed by atoms with Gasteiger partial charge in [0.2, 0.25) is 5.89 Å². The summed E-state index contributed by atoms with van der Waals surface area (Å²) in [6, 6.07) is 6.89. The predicted octanol–water partition coefficient (Wildman–Crippen LogP) is 2.66. The Morgan fingerprint density at radius 3 is 2.06 bits per heavy atom. The lowest BCUT2D eigenvalue weighted by Gasteiger charge is -1.93. The Labute approximate surface area is 101 Å². The minimum absolute atomic E-state index is 0.269. The van der Waals surface area contributed by atoms with Crippen molar-refractivity contribution in [2.75, 3.05) is 5.73 Å². The molecule has 0 bridgehead atoms. The third-order valence-electron chi connectivity index (χ3n) is 1.60. The zero-order chi connectivity index (χ0) is 13.3. The van der Waals surface area contributed by atoms with E-state index in [1.165, 1.54) is 0 Å². The third kappa shape index (κ3) is 4.55. The number of aromatic amines is 1. The molecule has 0 aliphatic carbocycles. The Bertz CT molecular complexity index is 457. The van der Waals surface area contributed by atoms with E-state index in [1.807, 2.05) is 27.7 Å². The van der Waals surface area contributed by atoms with Crippen LogP contribution in [0.2, 0.25) is 0 Å². The van der Waals surface area contributed by atoms with Gasteiger partial charge in [-0.3, -0.25) is 0 Å². The molecule has 0 unspecified atom stereocenters. The van der Waals surface area contributed by atoms with E-state index in [0.29, 0.717) is 11.3 Å². The van der Waals surface area contributed by atoms with Crippen molar-refractivity contribution < 1.29 is 4.42 Å². The van der Waals surface area contributed by atoms with Gasteiger partial charge in [-0.05, 0) is 24.3 Å². The summed E-state index contributed by atoms with van der Waals surface area (Å²) in [4.78, 5) is 10.6. The second-order valence-corrected chi connectivity index (χ2v) is 2.54. The van der Waals surface area contributed by atoms with E-state index in [2.05, 4.69) is 10.2 Å². The Balaban J connectivity index is 0.000000581. The number of nitrogens with one attached hydrogen (secondary N) is 1. The van der Waals surface area contributed by atoms with E-state index in [0.717, 1.165) is 0 Å². The van der Waals surface area contributed by atoms with Crippen LogP contribution in [0.3, 0.4) is 0 Å². The van der Waals surface area contributed by atoms with Crippen molar-refractivity contribution in [3.8, 4) is 11.5 Å². The maximum Gasteiger partial charge on any atom is 0.434 e. The van der Waals surface area contributed by atoms with E-state index < -0.39 is 5.76 Å². The third-order valence-corrected chi connectivity index (χ3v) is 1.60. The Kier molecular flexibility index (Phi) is 7.17. The smallest absolute Gasteiger partial charge is 0.399 e. The number of hydrogen-bond acceptors (Lipinski definition) is 4. The molecule has 0 aliphatic heterocycles. The largest absolute Gasteiger partial charge is 0.434 e. The van der Waals surface area contributed by atoms with Gasteiger partial charge in [-0.25, -0.2) is 9.89 Å². The number of nitrogens with zero attached hydrogens (tertiary/aromatic N) is 1. The molecule has 17 heavy (non-hydrogen) atoms. The minimum Gasteiger partial charge on any atom is -0.399 e. The number of hydrogen-bond donors (Lipinski definition) is 2. The zero-order valence-electron chi connectivity index (χ0n) is 10.7. The average molecular weight is 237 g/mol. The molecule has 0 saturated carbocycles. The summed E-state index contributed by atoms with van der Waals surface area (Å²) in [7, 11) is 0. The fraction of sp³-hybridized carbons (Fsp3) is 0.333. The van der Waals surface area contributed by atoms with Gasteiger partial charge < -0.3 is 10.2 Å². The predicted molar refractivity (Wildman–Crippen MR) is 69.7 cm³/mol. The van der Waals surface area contributed by atoms with E-state index in [1.54, 1.807) is 24.3 Å². The molecule has 94 valence electrons. The lowest BCUT2D eigenvalue weighted by atomic mass is 10.2. The zero-order valence-corrected chi connectivity index (χ0v) is 10.7. The molecule has 3 N–H and O–H groups in total. The van der Waals surface area contributed by atoms with Crippen LogP contribution in [-0.4, -0.2) is 10.2 Å². The molecule has 1 aromatic heterocycles. The number of aromatic nitrogens is 2. The Hall–Kier alpha value is -2.04. The summed E-state index contributed by atoms with van der Waals surface area (Å²) in [5, 5.41) is 5.85. The molecule has 0 saturated heterocycles. The van der Waals surface area contributed by atoms with Crippen LogP contribution < -0.4 is 11.5 Å². The van der Waals surface area contributed by atoms with E-state index in [9.17, 15) is 4.79 Å². The highest BCUT2D eigenvalue weighted by Gasteiger charge is 2.03. The summed E-state index contributed by atoms with van der Waals surface area (Å²) in [5.41, 5.74) is 6.86. The molecular formula is C12H19N3O2. The van der Waals surface area contributed by atoms with Gasteiger partial charge >= 0.3 is 5.76 Å². The van der Waals surface area contributed by atoms with Gasteiger partial charge in [0.15, 0.2) is 0 Å². The first-order valence-corrected chi connectivity index (χ1v) is 5.67. The summed E-state index contributed by atoms with van der Waals surface area (Å²) in [5.74, 6) is -0.295. The average Bonchev–Trinajstić information content (AvgIpc) is 2.82. The molecule has 1 heterocycles. The lowest BCUT2D eigenvalue weighted by Crippen LogP contribution is -1.93. The molecule has 0 amide bonds. The second kappa shape index (κ2) is 8.15. The molecule has 0 fully saturated rings. The Morgan fingerprint density at radius 1 is 1.12 bits per heavy atom. The standard InChI is InChI=1S/C8H7N3O2.2C2H6/c9-6-3-1-5(2-4-6)7-10-11-8(12)13-7;2*1-2/h1-4H,9H2,(H,11,12);2*1-2H3. The number of nitrogen functional groups attached to an aromatic ring is 1. The van der Waals surface area contributed by atoms with Gasteiger partial charge in [0.25, 0.3) is 0 Å². The maximum atomic E-state index is 10.6. The maximum absolute atomic E-state index is 10.6. The van der Waals surface area contributed by atoms with Crippen molar-refractivity contribution in [2.24, 2.45) is 0 Å². The van der Waals surface area contributed by atoms with Crippen molar-refractivity contribution >= 4 is 5.69 Å². The quantitative estimate of drug-likeness (QED) is 0.747. The van der Waals surface area contributed by atoms with Crippen LogP contribution in [0.1, 0.15) is 27.7 Å². The molecule has 2 aromatic rings. The summed E-state index contributed by atoms with van der Waals surface area (Å²) in [6.07, 6.45) is 0. The van der Waals surface area contributed by atoms with Crippen molar-refractivity contribution in [3.05, 3.63) is 34.8 Å². The molecule has 2 rings (SSSR count). The van der Waals surface area contributed by atoms with Crippen LogP contribution in [0.25, 0.3) is 11.5 Å². The van der Waals surface area contributed by atoms with Crippen LogP contribution in [0.15, 0.2) is 33.5 Å². The SMILES string of the molecule is CC.CC.Nc1ccc(-c2n[nH]c(=O)o2)cc1. The van der Waals surface area contributed by atoms with Gasteiger partial charge in [-0.15, -0.1) is 5.10 Å². The molecule has 0 aliphatic rings. The highest BCUT2D eigenvalue weighted by Crippen LogP contribution is 2.15. The lowest BCUT2D eigenvalue weighted by molar-refractivity contribution is 0.527. The highest BCUT2D eigenvalue weighted by atomic mass is 16.4. The fourth-order valence-electron chi connectivity index (χ4n) is 0.979. The van der Waals surface area contributed by atoms with Gasteiger partial charge in [-0.2, -0.15) is 0 Å². The summed E-state index contributed by atoms with van der Waals surface area (Å²) < 4.78 is 4.75. The van der Waals surface area contributed by atoms with Crippen LogP contribution in [0, 0.1) is 0 Å². The first-order chi connectivity index (χ1) is 8.25. The molecule has 0 atom stereocenters. The van der Waals surface area contributed by atoms with Crippen LogP contribution in [0.4, 0.5) is 5.69 Å². The number of nitrogens with two attached hydrogens (primary N) is 1. The van der Waals surface area contributed by atoms with Crippen LogP contribution in [-0.2, 0) is 0 Å². The van der Waals surface area contributed by atoms with Crippen molar-refractivity contribution in [1.82, 2.24) is 10.2 Å². The Morgan fingerprint density at radius 2 is 1.65 bits per heavy atom. The van der Waals surface area contributed by atoms with Crippen LogP contribution in [0.5, 0.6) is 0 Å². The summed E-state index contributed by atoms with van der Waals surface area (Å²) >= 11 is 0. The molecule has 5 nitrogen and oxygen atoms in total. The molecule has 0 radical (unpaired) electrons. The summed E-state index contributed by atoms with van der Waals surface area (Å²) in [6.45, 7) is 8.00. The van der Waals surface area contributed by atoms with Crippen molar-refractivity contribution in [1.29, 1.82) is 0 Å². The highest BCUT2D eigenvalue weighted by molar-refractivity contribution is 5.56. The number of H-pyrrole nitrogens is 1. The van der Waals surface area contributed by atoms with Gasteiger partial charge in [0, 0.05) is 11.3 Å². The molecular weight excluding hydrogens is 218 g/mol. The molecule has 0 spiro atoms. The van der Waals surface area contributed by atoms with Crippen molar-refractivity contribution in [2.45, 2.75) is 27.7 Å². The van der Waals surface area contributed by atoms with Gasteiger partial charge in [-0.1, -0.05) is 27.7 Å². The minimum atomic E-state index is -0.563. The number of rotatable bonds is 1. The second-order valence-electron chi connectivity index (χ2n) is 2.54. The normalized spacial score (nSPS) is 8.47. The monoisotopic (exact) mass is 237 g/mol. The fourth-order valence-corrected chi connectivity index (χ4v) is 0.979. The number of benzene rings is 1. The first kappa shape index (κ1) is 15.0. The van der Waals surface area contributed by atoms with Gasteiger partial charge in [0.05, 0.1) is 0 Å². The van der Waals surface area contributed by atoms with E-state index in [4.69, 9.17) is 10.2 Å². The first-order valence-electron chi connectivity index (χ1n) is 5.67. The van der Waals surface area contributed by atoms with Crippen LogP contribution >= 0.6 is 0 Å². The molecule has 5 heteroatoms. The topological polar surface area (TPSA) is 84.9 Å². The van der Waals surface area contributed by atoms with Crippen molar-refractivity contribution in [3.63, 3.8) is 0 Å².